The smallest absolute Gasteiger partial charge is 0.407 e. The van der Waals surface area contributed by atoms with E-state index in [1.165, 1.54) is 22.3 Å². The molecule has 2 aliphatic carbocycles. The van der Waals surface area contributed by atoms with Crippen molar-refractivity contribution in [3.8, 4) is 11.1 Å². The molecule has 0 saturated heterocycles. The van der Waals surface area contributed by atoms with Crippen molar-refractivity contribution in [2.24, 2.45) is 5.92 Å². The van der Waals surface area contributed by atoms with Gasteiger partial charge in [-0.15, -0.1) is 0 Å². The number of hydrogen-bond acceptors (Lipinski definition) is 4. The summed E-state index contributed by atoms with van der Waals surface area (Å²) in [4.78, 5) is 36.0. The average molecular weight is 479 g/mol. The number of carboxylic acids is 1. The third-order valence-electron chi connectivity index (χ3n) is 7.20. The molecule has 0 aromatic heterocycles. The number of amides is 2. The van der Waals surface area contributed by atoms with E-state index in [0.717, 1.165) is 25.7 Å². The van der Waals surface area contributed by atoms with Crippen molar-refractivity contribution in [2.75, 3.05) is 6.61 Å². The summed E-state index contributed by atoms with van der Waals surface area (Å²) in [5, 5.41) is 14.7. The SMILES string of the molecule is CC(CCC(=O)O)NC(=O)C[C@@H]1CCCC[C@@H]1NC(=O)OCC1c2ccccc2-c2ccccc21. The van der Waals surface area contributed by atoms with Gasteiger partial charge < -0.3 is 20.5 Å². The quantitative estimate of drug-likeness (QED) is 0.478. The van der Waals surface area contributed by atoms with Gasteiger partial charge in [0.2, 0.25) is 5.91 Å². The fourth-order valence-electron chi connectivity index (χ4n) is 5.42. The second kappa shape index (κ2) is 11.4. The molecule has 0 spiro atoms. The molecule has 7 nitrogen and oxygen atoms in total. The molecule has 1 fully saturated rings. The summed E-state index contributed by atoms with van der Waals surface area (Å²) in [5.41, 5.74) is 4.72. The molecule has 3 atom stereocenters. The Morgan fingerprint density at radius 3 is 2.29 bits per heavy atom. The van der Waals surface area contributed by atoms with Gasteiger partial charge in [-0.1, -0.05) is 61.4 Å². The molecule has 35 heavy (non-hydrogen) atoms. The number of fused-ring (bicyclic) bond motifs is 3. The molecular formula is C28H34N2O5. The zero-order chi connectivity index (χ0) is 24.8. The summed E-state index contributed by atoms with van der Waals surface area (Å²) in [6, 6.07) is 16.2. The fourth-order valence-corrected chi connectivity index (χ4v) is 5.42. The van der Waals surface area contributed by atoms with Gasteiger partial charge >= 0.3 is 12.1 Å². The first-order valence-corrected chi connectivity index (χ1v) is 12.5. The molecule has 2 amide bonds. The molecule has 0 bridgehead atoms. The Bertz CT molecular complexity index is 1020. The summed E-state index contributed by atoms with van der Waals surface area (Å²) < 4.78 is 5.71. The third kappa shape index (κ3) is 6.21. The lowest BCUT2D eigenvalue weighted by atomic mass is 9.82. The Morgan fingerprint density at radius 2 is 1.63 bits per heavy atom. The molecule has 0 aliphatic heterocycles. The van der Waals surface area contributed by atoms with E-state index >= 15 is 0 Å². The van der Waals surface area contributed by atoms with Crippen LogP contribution in [0.15, 0.2) is 48.5 Å². The molecule has 2 aromatic carbocycles. The van der Waals surface area contributed by atoms with E-state index in [0.29, 0.717) is 12.8 Å². The number of alkyl carbamates (subject to hydrolysis) is 1. The zero-order valence-electron chi connectivity index (χ0n) is 20.2. The number of carbonyl (C=O) groups excluding carboxylic acids is 2. The van der Waals surface area contributed by atoms with Gasteiger partial charge in [-0.3, -0.25) is 9.59 Å². The average Bonchev–Trinajstić information content (AvgIpc) is 3.16. The van der Waals surface area contributed by atoms with Crippen molar-refractivity contribution in [2.45, 2.75) is 69.9 Å². The first-order chi connectivity index (χ1) is 16.9. The Kier molecular flexibility index (Phi) is 8.06. The number of benzene rings is 2. The van der Waals surface area contributed by atoms with Gasteiger partial charge in [-0.05, 0) is 54.4 Å². The number of rotatable bonds is 9. The molecule has 2 aromatic rings. The van der Waals surface area contributed by atoms with Crippen LogP contribution in [0.5, 0.6) is 0 Å². The standard InChI is InChI=1S/C28H34N2O5/c1-18(14-15-27(32)33)29-26(31)16-19-8-2-7-13-25(19)30-28(34)35-17-24-22-11-5-3-9-20(22)21-10-4-6-12-23(21)24/h3-6,9-12,18-19,24-25H,2,7-8,13-17H2,1H3,(H,29,31)(H,30,34)(H,32,33)/t18?,19-,25-/m0/s1. The van der Waals surface area contributed by atoms with E-state index in [-0.39, 0.29) is 42.9 Å². The minimum absolute atomic E-state index is 0.00775. The van der Waals surface area contributed by atoms with Crippen LogP contribution in [0.25, 0.3) is 11.1 Å². The highest BCUT2D eigenvalue weighted by molar-refractivity contribution is 5.79. The van der Waals surface area contributed by atoms with Crippen molar-refractivity contribution >= 4 is 18.0 Å². The number of ether oxygens (including phenoxy) is 1. The highest BCUT2D eigenvalue weighted by Gasteiger charge is 2.31. The molecule has 2 aliphatic rings. The summed E-state index contributed by atoms with van der Waals surface area (Å²) >= 11 is 0. The molecule has 186 valence electrons. The minimum atomic E-state index is -0.870. The largest absolute Gasteiger partial charge is 0.481 e. The Labute approximate surface area is 206 Å². The number of carbonyl (C=O) groups is 3. The lowest BCUT2D eigenvalue weighted by Gasteiger charge is -2.32. The van der Waals surface area contributed by atoms with Crippen LogP contribution in [-0.4, -0.2) is 41.8 Å². The second-order valence-corrected chi connectivity index (χ2v) is 9.73. The predicted octanol–water partition coefficient (Wildman–Crippen LogP) is 4.84. The molecule has 1 unspecified atom stereocenters. The highest BCUT2D eigenvalue weighted by atomic mass is 16.5. The molecule has 3 N–H and O–H groups in total. The van der Waals surface area contributed by atoms with Gasteiger partial charge in [-0.2, -0.15) is 0 Å². The third-order valence-corrected chi connectivity index (χ3v) is 7.20. The first kappa shape index (κ1) is 24.8. The molecule has 0 radical (unpaired) electrons. The van der Waals surface area contributed by atoms with Crippen LogP contribution in [0.1, 0.15) is 68.9 Å². The molecule has 0 heterocycles. The lowest BCUT2D eigenvalue weighted by Crippen LogP contribution is -2.45. The van der Waals surface area contributed by atoms with Gasteiger partial charge in [-0.25, -0.2) is 4.79 Å². The van der Waals surface area contributed by atoms with Crippen molar-refractivity contribution < 1.29 is 24.2 Å². The maximum absolute atomic E-state index is 12.8. The fraction of sp³-hybridized carbons (Fsp3) is 0.464. The van der Waals surface area contributed by atoms with Crippen LogP contribution in [0.3, 0.4) is 0 Å². The van der Waals surface area contributed by atoms with Crippen LogP contribution in [0, 0.1) is 5.92 Å². The lowest BCUT2D eigenvalue weighted by molar-refractivity contribution is -0.137. The van der Waals surface area contributed by atoms with E-state index in [9.17, 15) is 14.4 Å². The van der Waals surface area contributed by atoms with E-state index in [1.54, 1.807) is 0 Å². The van der Waals surface area contributed by atoms with Crippen LogP contribution in [-0.2, 0) is 14.3 Å². The number of aliphatic carboxylic acids is 1. The van der Waals surface area contributed by atoms with Gasteiger partial charge in [0.05, 0.1) is 0 Å². The molecular weight excluding hydrogens is 444 g/mol. The van der Waals surface area contributed by atoms with Gasteiger partial charge in [0.25, 0.3) is 0 Å². The maximum Gasteiger partial charge on any atom is 0.407 e. The summed E-state index contributed by atoms with van der Waals surface area (Å²) in [5.74, 6) is -0.927. The van der Waals surface area contributed by atoms with E-state index < -0.39 is 12.1 Å². The van der Waals surface area contributed by atoms with Crippen molar-refractivity contribution in [1.82, 2.24) is 10.6 Å². The summed E-state index contributed by atoms with van der Waals surface area (Å²) in [7, 11) is 0. The van der Waals surface area contributed by atoms with E-state index in [2.05, 4.69) is 34.9 Å². The second-order valence-electron chi connectivity index (χ2n) is 9.73. The van der Waals surface area contributed by atoms with Crippen molar-refractivity contribution in [3.63, 3.8) is 0 Å². The van der Waals surface area contributed by atoms with Gasteiger partial charge in [0.15, 0.2) is 0 Å². The Balaban J connectivity index is 1.31. The number of hydrogen-bond donors (Lipinski definition) is 3. The van der Waals surface area contributed by atoms with Crippen LogP contribution in [0.2, 0.25) is 0 Å². The Morgan fingerprint density at radius 1 is 1.00 bits per heavy atom. The number of nitrogens with one attached hydrogen (secondary N) is 2. The minimum Gasteiger partial charge on any atom is -0.481 e. The number of carboxylic acid groups (broad SMARTS) is 1. The first-order valence-electron chi connectivity index (χ1n) is 12.5. The predicted molar refractivity (Wildman–Crippen MR) is 133 cm³/mol. The van der Waals surface area contributed by atoms with Crippen LogP contribution < -0.4 is 10.6 Å². The molecule has 4 rings (SSSR count). The summed E-state index contributed by atoms with van der Waals surface area (Å²) in [6.07, 6.45) is 3.99. The summed E-state index contributed by atoms with van der Waals surface area (Å²) in [6.45, 7) is 2.08. The van der Waals surface area contributed by atoms with Crippen molar-refractivity contribution in [1.29, 1.82) is 0 Å². The topological polar surface area (TPSA) is 105 Å². The van der Waals surface area contributed by atoms with Crippen LogP contribution in [0.4, 0.5) is 4.79 Å². The van der Waals surface area contributed by atoms with Gasteiger partial charge in [0, 0.05) is 30.8 Å². The zero-order valence-corrected chi connectivity index (χ0v) is 20.2. The normalized spacial score (nSPS) is 19.8. The van der Waals surface area contributed by atoms with E-state index in [1.807, 2.05) is 31.2 Å². The molecule has 7 heteroatoms. The monoisotopic (exact) mass is 478 g/mol. The van der Waals surface area contributed by atoms with Gasteiger partial charge in [0.1, 0.15) is 6.61 Å². The van der Waals surface area contributed by atoms with Crippen molar-refractivity contribution in [3.05, 3.63) is 59.7 Å². The molecule has 1 saturated carbocycles. The maximum atomic E-state index is 12.8. The van der Waals surface area contributed by atoms with Crippen LogP contribution >= 0.6 is 0 Å². The van der Waals surface area contributed by atoms with E-state index in [4.69, 9.17) is 9.84 Å². The highest BCUT2D eigenvalue weighted by Crippen LogP contribution is 2.44. The Hall–Kier alpha value is -3.35.